The Morgan fingerprint density at radius 1 is 1.50 bits per heavy atom. The summed E-state index contributed by atoms with van der Waals surface area (Å²) in [7, 11) is 0. The standard InChI is InChI=1S/C12H15N3O2S/c1-12-5-4-10(16)15(12)9(8-18-12)11(17)13-14-6-2-3-7-14/h2-3,6-7,9H,4-5,8H2,1H3,(H,13,17)/t9-,12+/m0/s1. The first kappa shape index (κ1) is 11.6. The van der Waals surface area contributed by atoms with E-state index in [2.05, 4.69) is 5.43 Å². The molecule has 0 unspecified atom stereocenters. The largest absolute Gasteiger partial charge is 0.315 e. The van der Waals surface area contributed by atoms with E-state index in [1.165, 1.54) is 0 Å². The van der Waals surface area contributed by atoms with E-state index in [9.17, 15) is 9.59 Å². The number of aromatic nitrogens is 1. The summed E-state index contributed by atoms with van der Waals surface area (Å²) in [6.07, 6.45) is 4.93. The predicted molar refractivity (Wildman–Crippen MR) is 69.5 cm³/mol. The maximum absolute atomic E-state index is 12.2. The normalized spacial score (nSPS) is 30.6. The zero-order valence-corrected chi connectivity index (χ0v) is 10.9. The van der Waals surface area contributed by atoms with Gasteiger partial charge in [0, 0.05) is 24.6 Å². The second-order valence-corrected chi connectivity index (χ2v) is 6.33. The highest BCUT2D eigenvalue weighted by Crippen LogP contribution is 2.47. The first-order valence-electron chi connectivity index (χ1n) is 6.00. The molecule has 0 aliphatic carbocycles. The molecule has 0 spiro atoms. The number of rotatable bonds is 2. The lowest BCUT2D eigenvalue weighted by molar-refractivity contribution is -0.136. The van der Waals surface area contributed by atoms with Gasteiger partial charge >= 0.3 is 0 Å². The van der Waals surface area contributed by atoms with E-state index in [0.29, 0.717) is 12.2 Å². The van der Waals surface area contributed by atoms with Crippen molar-refractivity contribution in [1.29, 1.82) is 0 Å². The Morgan fingerprint density at radius 2 is 2.22 bits per heavy atom. The Labute approximate surface area is 109 Å². The Hall–Kier alpha value is -1.43. The van der Waals surface area contributed by atoms with Crippen LogP contribution in [0.4, 0.5) is 0 Å². The molecular weight excluding hydrogens is 250 g/mol. The fourth-order valence-corrected chi connectivity index (χ4v) is 4.06. The van der Waals surface area contributed by atoms with Crippen LogP contribution in [-0.4, -0.2) is 38.1 Å². The van der Waals surface area contributed by atoms with Crippen LogP contribution >= 0.6 is 11.8 Å². The maximum Gasteiger partial charge on any atom is 0.262 e. The molecule has 2 fully saturated rings. The number of amides is 2. The molecule has 0 saturated carbocycles. The molecule has 2 amide bonds. The number of hydrogen-bond donors (Lipinski definition) is 1. The Morgan fingerprint density at radius 3 is 2.94 bits per heavy atom. The molecule has 2 atom stereocenters. The monoisotopic (exact) mass is 265 g/mol. The summed E-state index contributed by atoms with van der Waals surface area (Å²) in [5, 5.41) is 0. The zero-order valence-electron chi connectivity index (χ0n) is 10.1. The smallest absolute Gasteiger partial charge is 0.262 e. The fourth-order valence-electron chi connectivity index (χ4n) is 2.63. The van der Waals surface area contributed by atoms with Crippen molar-refractivity contribution in [2.45, 2.75) is 30.7 Å². The summed E-state index contributed by atoms with van der Waals surface area (Å²) in [5.41, 5.74) is 2.78. The van der Waals surface area contributed by atoms with Crippen LogP contribution in [0, 0.1) is 0 Å². The van der Waals surface area contributed by atoms with Gasteiger partial charge in [-0.2, -0.15) is 0 Å². The number of carbonyl (C=O) groups is 2. The van der Waals surface area contributed by atoms with Crippen LogP contribution in [0.25, 0.3) is 0 Å². The number of thioether (sulfide) groups is 1. The average Bonchev–Trinajstić information content (AvgIpc) is 2.99. The molecule has 1 aromatic rings. The minimum Gasteiger partial charge on any atom is -0.315 e. The van der Waals surface area contributed by atoms with Gasteiger partial charge < -0.3 is 4.90 Å². The van der Waals surface area contributed by atoms with E-state index in [0.717, 1.165) is 6.42 Å². The molecule has 3 rings (SSSR count). The quantitative estimate of drug-likeness (QED) is 0.868. The second kappa shape index (κ2) is 4.05. The van der Waals surface area contributed by atoms with Crippen molar-refractivity contribution in [1.82, 2.24) is 9.58 Å². The van der Waals surface area contributed by atoms with Crippen molar-refractivity contribution in [3.8, 4) is 0 Å². The highest BCUT2D eigenvalue weighted by Gasteiger charge is 2.52. The molecule has 0 aromatic carbocycles. The van der Waals surface area contributed by atoms with Crippen molar-refractivity contribution in [3.05, 3.63) is 24.5 Å². The predicted octanol–water partition coefficient (Wildman–Crippen LogP) is 1.01. The van der Waals surface area contributed by atoms with Crippen molar-refractivity contribution in [3.63, 3.8) is 0 Å². The lowest BCUT2D eigenvalue weighted by Crippen LogP contribution is -2.49. The van der Waals surface area contributed by atoms with E-state index in [1.54, 1.807) is 33.7 Å². The van der Waals surface area contributed by atoms with Crippen LogP contribution < -0.4 is 5.43 Å². The van der Waals surface area contributed by atoms with Gasteiger partial charge in [0.15, 0.2) is 0 Å². The van der Waals surface area contributed by atoms with Gasteiger partial charge in [0.1, 0.15) is 6.04 Å². The van der Waals surface area contributed by atoms with E-state index < -0.39 is 0 Å². The molecule has 2 aliphatic rings. The first-order valence-corrected chi connectivity index (χ1v) is 6.99. The van der Waals surface area contributed by atoms with Gasteiger partial charge in [0.2, 0.25) is 5.91 Å². The molecule has 0 bridgehead atoms. The van der Waals surface area contributed by atoms with Gasteiger partial charge in [-0.1, -0.05) is 0 Å². The van der Waals surface area contributed by atoms with Crippen molar-refractivity contribution in [2.24, 2.45) is 0 Å². The number of hydrogen-bond acceptors (Lipinski definition) is 3. The third-order valence-electron chi connectivity index (χ3n) is 3.59. The van der Waals surface area contributed by atoms with E-state index >= 15 is 0 Å². The summed E-state index contributed by atoms with van der Waals surface area (Å²) >= 11 is 1.70. The number of nitrogens with zero attached hydrogens (tertiary/aromatic N) is 2. The number of nitrogens with one attached hydrogen (secondary N) is 1. The van der Waals surface area contributed by atoms with Crippen LogP contribution in [0.1, 0.15) is 19.8 Å². The van der Waals surface area contributed by atoms with Gasteiger partial charge in [0.05, 0.1) is 4.87 Å². The van der Waals surface area contributed by atoms with Crippen LogP contribution in [-0.2, 0) is 9.59 Å². The molecule has 0 radical (unpaired) electrons. The molecule has 1 aromatic heterocycles. The minimum absolute atomic E-state index is 0.0927. The third-order valence-corrected chi connectivity index (χ3v) is 5.10. The van der Waals surface area contributed by atoms with E-state index in [-0.39, 0.29) is 22.7 Å². The Bertz CT molecular complexity index is 488. The van der Waals surface area contributed by atoms with E-state index in [1.807, 2.05) is 19.1 Å². The van der Waals surface area contributed by atoms with Gasteiger partial charge in [-0.05, 0) is 25.5 Å². The molecule has 3 heterocycles. The van der Waals surface area contributed by atoms with Crippen LogP contribution in [0.15, 0.2) is 24.5 Å². The Kier molecular flexibility index (Phi) is 2.62. The lowest BCUT2D eigenvalue weighted by atomic mass is 10.2. The van der Waals surface area contributed by atoms with Gasteiger partial charge in [-0.15, -0.1) is 11.8 Å². The molecule has 2 saturated heterocycles. The second-order valence-electron chi connectivity index (χ2n) is 4.83. The van der Waals surface area contributed by atoms with Crippen molar-refractivity contribution >= 4 is 23.6 Å². The van der Waals surface area contributed by atoms with Gasteiger partial charge in [-0.25, -0.2) is 0 Å². The van der Waals surface area contributed by atoms with Crippen molar-refractivity contribution < 1.29 is 9.59 Å². The molecule has 2 aliphatic heterocycles. The van der Waals surface area contributed by atoms with Crippen molar-refractivity contribution in [2.75, 3.05) is 11.2 Å². The van der Waals surface area contributed by atoms with E-state index in [4.69, 9.17) is 0 Å². The molecule has 5 nitrogen and oxygen atoms in total. The minimum atomic E-state index is -0.350. The summed E-state index contributed by atoms with van der Waals surface area (Å²) in [6.45, 7) is 2.05. The molecular formula is C12H15N3O2S. The molecule has 1 N–H and O–H groups in total. The first-order chi connectivity index (χ1) is 8.60. The highest BCUT2D eigenvalue weighted by atomic mass is 32.2. The Balaban J connectivity index is 1.77. The van der Waals surface area contributed by atoms with Crippen LogP contribution in [0.3, 0.4) is 0 Å². The lowest BCUT2D eigenvalue weighted by Gasteiger charge is -2.29. The molecule has 18 heavy (non-hydrogen) atoms. The highest BCUT2D eigenvalue weighted by molar-refractivity contribution is 8.01. The fraction of sp³-hybridized carbons (Fsp3) is 0.500. The number of fused-ring (bicyclic) bond motifs is 1. The van der Waals surface area contributed by atoms with Crippen LogP contribution in [0.2, 0.25) is 0 Å². The molecule has 6 heteroatoms. The summed E-state index contributed by atoms with van der Waals surface area (Å²) in [4.78, 5) is 25.7. The van der Waals surface area contributed by atoms with Gasteiger partial charge in [0.25, 0.3) is 5.91 Å². The van der Waals surface area contributed by atoms with Gasteiger partial charge in [-0.3, -0.25) is 19.7 Å². The zero-order chi connectivity index (χ0) is 12.8. The number of carbonyl (C=O) groups excluding carboxylic acids is 2. The SMILES string of the molecule is C[C@@]12CCC(=O)N1[C@H](C(=O)Nn1cccc1)CS2. The van der Waals surface area contributed by atoms with Crippen LogP contribution in [0.5, 0.6) is 0 Å². The topological polar surface area (TPSA) is 54.3 Å². The summed E-state index contributed by atoms with van der Waals surface area (Å²) in [6, 6.07) is 3.33. The molecule has 96 valence electrons. The average molecular weight is 265 g/mol. The summed E-state index contributed by atoms with van der Waals surface area (Å²) in [5.74, 6) is 0.655. The maximum atomic E-state index is 12.2. The third kappa shape index (κ3) is 1.71. The summed E-state index contributed by atoms with van der Waals surface area (Å²) < 4.78 is 1.61.